The smallest absolute Gasteiger partial charge is 0.331 e. The Kier molecular flexibility index (Phi) is 5.96. The Morgan fingerprint density at radius 3 is 2.66 bits per heavy atom. The molecule has 0 amide bonds. The first-order valence-electron chi connectivity index (χ1n) is 8.35. The van der Waals surface area contributed by atoms with E-state index >= 15 is 4.39 Å². The highest BCUT2D eigenvalue weighted by Gasteiger charge is 2.66. The minimum atomic E-state index is -3.27. The lowest BCUT2D eigenvalue weighted by Gasteiger charge is -2.27. The van der Waals surface area contributed by atoms with E-state index in [4.69, 9.17) is 21.6 Å². The van der Waals surface area contributed by atoms with E-state index in [1.54, 1.807) is 18.8 Å². The van der Waals surface area contributed by atoms with E-state index in [0.717, 1.165) is 0 Å². The number of H-pyrrole nitrogens is 1. The number of nitriles is 1. The van der Waals surface area contributed by atoms with Crippen LogP contribution < -0.4 is 17.0 Å². The van der Waals surface area contributed by atoms with E-state index in [2.05, 4.69) is 0 Å². The molecule has 0 aliphatic carbocycles. The standard InChI is InChI=1S/C17H19FN4O7/c1-4-9-5-22(15(27)21-13(9)25)17(6-19)12(24)11(23)16(18,29-17)7-28-14(26)10(20)8(2)3/h1,5,8,10-12,23-24H,7,20H2,2-3H3,(H,21,25,27)/t10-,11-,12+,16+,17+/m0/s1. The number of halogens is 1. The molecule has 1 aromatic heterocycles. The average molecular weight is 410 g/mol. The molecule has 1 fully saturated rings. The minimum absolute atomic E-state index is 0.335. The summed E-state index contributed by atoms with van der Waals surface area (Å²) in [5, 5.41) is 30.0. The van der Waals surface area contributed by atoms with Gasteiger partial charge in [-0.2, -0.15) is 5.26 Å². The Morgan fingerprint density at radius 1 is 1.52 bits per heavy atom. The van der Waals surface area contributed by atoms with Crippen LogP contribution in [0.2, 0.25) is 0 Å². The van der Waals surface area contributed by atoms with Crippen LogP contribution in [-0.4, -0.2) is 56.4 Å². The number of terminal acetylenes is 1. The Labute approximate surface area is 163 Å². The fraction of sp³-hybridized carbons (Fsp3) is 0.529. The summed E-state index contributed by atoms with van der Waals surface area (Å²) < 4.78 is 25.2. The Bertz CT molecular complexity index is 1010. The van der Waals surface area contributed by atoms with E-state index in [1.807, 2.05) is 5.92 Å². The zero-order valence-electron chi connectivity index (χ0n) is 15.5. The van der Waals surface area contributed by atoms with Crippen molar-refractivity contribution in [3.05, 3.63) is 32.6 Å². The van der Waals surface area contributed by atoms with Crippen molar-refractivity contribution < 1.29 is 28.9 Å². The number of esters is 1. The van der Waals surface area contributed by atoms with Crippen LogP contribution in [0, 0.1) is 29.6 Å². The van der Waals surface area contributed by atoms with Crippen LogP contribution in [0.3, 0.4) is 0 Å². The number of aliphatic hydroxyl groups excluding tert-OH is 2. The van der Waals surface area contributed by atoms with Crippen LogP contribution in [0.15, 0.2) is 15.8 Å². The molecule has 1 aromatic rings. The summed E-state index contributed by atoms with van der Waals surface area (Å²) in [5.41, 5.74) is 0.134. The predicted octanol–water partition coefficient (Wildman–Crippen LogP) is -2.36. The molecule has 2 heterocycles. The van der Waals surface area contributed by atoms with Crippen molar-refractivity contribution in [3.8, 4) is 18.4 Å². The Hall–Kier alpha value is -3.03. The number of nitrogens with two attached hydrogens (primary N) is 1. The van der Waals surface area contributed by atoms with E-state index in [-0.39, 0.29) is 5.92 Å². The van der Waals surface area contributed by atoms with Crippen LogP contribution in [-0.2, 0) is 20.0 Å². The Morgan fingerprint density at radius 2 is 2.14 bits per heavy atom. The third kappa shape index (κ3) is 3.66. The number of alkyl halides is 1. The summed E-state index contributed by atoms with van der Waals surface area (Å²) in [5.74, 6) is -2.66. The maximum Gasteiger partial charge on any atom is 0.331 e. The lowest BCUT2D eigenvalue weighted by atomic mass is 10.0. The molecular formula is C17H19FN4O7. The fourth-order valence-electron chi connectivity index (χ4n) is 2.64. The maximum atomic E-state index is 15.2. The highest BCUT2D eigenvalue weighted by Crippen LogP contribution is 2.42. The second-order valence-corrected chi connectivity index (χ2v) is 6.78. The first kappa shape index (κ1) is 22.3. The van der Waals surface area contributed by atoms with Crippen LogP contribution >= 0.6 is 0 Å². The molecule has 1 aliphatic rings. The largest absolute Gasteiger partial charge is 0.458 e. The third-order valence-electron chi connectivity index (χ3n) is 4.48. The molecule has 5 atom stereocenters. The van der Waals surface area contributed by atoms with Crippen molar-refractivity contribution in [2.75, 3.05) is 6.61 Å². The van der Waals surface area contributed by atoms with E-state index in [1.165, 1.54) is 6.07 Å². The van der Waals surface area contributed by atoms with Crippen LogP contribution in [0.1, 0.15) is 19.4 Å². The average Bonchev–Trinajstić information content (AvgIpc) is 2.87. The summed E-state index contributed by atoms with van der Waals surface area (Å²) in [6.45, 7) is 2.01. The highest BCUT2D eigenvalue weighted by molar-refractivity contribution is 5.75. The molecule has 5 N–H and O–H groups in total. The van der Waals surface area contributed by atoms with Gasteiger partial charge >= 0.3 is 11.7 Å². The SMILES string of the molecule is C#Cc1cn([C@]2(C#N)O[C@](F)(COC(=O)[C@@H](N)C(C)C)[C@@H](O)[C@H]2O)c(=O)[nH]c1=O. The van der Waals surface area contributed by atoms with Gasteiger partial charge in [0.05, 0.1) is 0 Å². The number of carbonyl (C=O) groups excluding carboxylic acids is 1. The van der Waals surface area contributed by atoms with E-state index < -0.39 is 59.2 Å². The van der Waals surface area contributed by atoms with Gasteiger partial charge in [-0.1, -0.05) is 19.8 Å². The van der Waals surface area contributed by atoms with Gasteiger partial charge in [0.25, 0.3) is 17.1 Å². The van der Waals surface area contributed by atoms with Crippen LogP contribution in [0.25, 0.3) is 0 Å². The molecule has 2 rings (SSSR count). The lowest BCUT2D eigenvalue weighted by molar-refractivity contribution is -0.234. The predicted molar refractivity (Wildman–Crippen MR) is 93.6 cm³/mol. The zero-order chi connectivity index (χ0) is 22.1. The number of aromatic amines is 1. The molecule has 0 bridgehead atoms. The van der Waals surface area contributed by atoms with Gasteiger partial charge in [0, 0.05) is 6.20 Å². The molecule has 0 radical (unpaired) electrons. The first-order valence-corrected chi connectivity index (χ1v) is 8.35. The number of nitrogens with zero attached hydrogens (tertiary/aromatic N) is 2. The maximum absolute atomic E-state index is 15.2. The molecule has 0 unspecified atom stereocenters. The summed E-state index contributed by atoms with van der Waals surface area (Å²) >= 11 is 0. The van der Waals surface area contributed by atoms with Crippen molar-refractivity contribution in [1.29, 1.82) is 5.26 Å². The highest BCUT2D eigenvalue weighted by atomic mass is 19.2. The minimum Gasteiger partial charge on any atom is -0.458 e. The molecule has 0 spiro atoms. The van der Waals surface area contributed by atoms with Gasteiger partial charge < -0.3 is 20.7 Å². The quantitative estimate of drug-likeness (QED) is 0.305. The second kappa shape index (κ2) is 7.77. The van der Waals surface area contributed by atoms with Crippen molar-refractivity contribution in [3.63, 3.8) is 0 Å². The van der Waals surface area contributed by atoms with Crippen LogP contribution in [0.5, 0.6) is 0 Å². The number of rotatable bonds is 5. The number of aliphatic hydroxyl groups is 2. The van der Waals surface area contributed by atoms with Gasteiger partial charge in [-0.15, -0.1) is 6.42 Å². The molecule has 0 aromatic carbocycles. The van der Waals surface area contributed by atoms with Gasteiger partial charge in [0.15, 0.2) is 6.61 Å². The second-order valence-electron chi connectivity index (χ2n) is 6.78. The number of ether oxygens (including phenoxy) is 2. The normalized spacial score (nSPS) is 29.8. The summed E-state index contributed by atoms with van der Waals surface area (Å²) in [4.78, 5) is 37.4. The molecule has 1 aliphatic heterocycles. The first-order chi connectivity index (χ1) is 13.4. The summed E-state index contributed by atoms with van der Waals surface area (Å²) in [6, 6.07) is 0.310. The number of nitrogens with one attached hydrogen (secondary N) is 1. The number of hydrogen-bond donors (Lipinski definition) is 4. The van der Waals surface area contributed by atoms with Crippen molar-refractivity contribution in [2.45, 2.75) is 43.7 Å². The van der Waals surface area contributed by atoms with Gasteiger partial charge in [0.2, 0.25) is 0 Å². The molecule has 0 saturated carbocycles. The molecule has 11 nitrogen and oxygen atoms in total. The number of hydrogen-bond acceptors (Lipinski definition) is 9. The van der Waals surface area contributed by atoms with E-state index in [9.17, 15) is 29.9 Å². The Balaban J connectivity index is 2.44. The lowest BCUT2D eigenvalue weighted by Crippen LogP contribution is -2.51. The van der Waals surface area contributed by atoms with Crippen LogP contribution in [0.4, 0.5) is 4.39 Å². The van der Waals surface area contributed by atoms with Gasteiger partial charge in [0.1, 0.15) is 29.9 Å². The zero-order valence-corrected chi connectivity index (χ0v) is 15.5. The molecule has 156 valence electrons. The van der Waals surface area contributed by atoms with Gasteiger partial charge in [-0.25, -0.2) is 9.18 Å². The number of aromatic nitrogens is 2. The summed E-state index contributed by atoms with van der Waals surface area (Å²) in [6.07, 6.45) is 1.12. The fourth-order valence-corrected chi connectivity index (χ4v) is 2.64. The summed E-state index contributed by atoms with van der Waals surface area (Å²) in [7, 11) is 0. The van der Waals surface area contributed by atoms with Gasteiger partial charge in [-0.3, -0.25) is 23.9 Å². The molecule has 29 heavy (non-hydrogen) atoms. The monoisotopic (exact) mass is 410 g/mol. The van der Waals surface area contributed by atoms with Crippen molar-refractivity contribution in [2.24, 2.45) is 11.7 Å². The van der Waals surface area contributed by atoms with Crippen molar-refractivity contribution >= 4 is 5.97 Å². The topological polar surface area (TPSA) is 181 Å². The number of carbonyl (C=O) groups is 1. The molecule has 12 heteroatoms. The van der Waals surface area contributed by atoms with E-state index in [0.29, 0.717) is 10.8 Å². The molecular weight excluding hydrogens is 391 g/mol. The van der Waals surface area contributed by atoms with Gasteiger partial charge in [-0.05, 0) is 5.92 Å². The third-order valence-corrected chi connectivity index (χ3v) is 4.48. The molecule has 1 saturated heterocycles. The van der Waals surface area contributed by atoms with Crippen molar-refractivity contribution in [1.82, 2.24) is 9.55 Å².